The molecule has 0 aliphatic carbocycles. The van der Waals surface area contributed by atoms with Crippen LogP contribution in [0.2, 0.25) is 0 Å². The monoisotopic (exact) mass is 336 g/mol. The summed E-state index contributed by atoms with van der Waals surface area (Å²) in [5, 5.41) is 13.1. The molecule has 0 aliphatic rings. The van der Waals surface area contributed by atoms with Gasteiger partial charge in [0.1, 0.15) is 0 Å². The Morgan fingerprint density at radius 1 is 1.00 bits per heavy atom. The maximum absolute atomic E-state index is 4.73. The van der Waals surface area contributed by atoms with Crippen LogP contribution in [0.5, 0.6) is 0 Å². The highest BCUT2D eigenvalue weighted by molar-refractivity contribution is 7.98. The number of imidazole rings is 1. The molecule has 2 aromatic heterocycles. The van der Waals surface area contributed by atoms with E-state index in [1.165, 1.54) is 0 Å². The van der Waals surface area contributed by atoms with E-state index < -0.39 is 0 Å². The Morgan fingerprint density at radius 3 is 2.62 bits per heavy atom. The molecule has 2 aromatic carbocycles. The Morgan fingerprint density at radius 2 is 1.79 bits per heavy atom. The van der Waals surface area contributed by atoms with E-state index in [1.54, 1.807) is 16.4 Å². The summed E-state index contributed by atoms with van der Waals surface area (Å²) in [6.45, 7) is 3.01. The van der Waals surface area contributed by atoms with Crippen molar-refractivity contribution in [1.82, 2.24) is 29.8 Å². The zero-order valence-corrected chi connectivity index (χ0v) is 14.0. The van der Waals surface area contributed by atoms with E-state index in [4.69, 9.17) is 4.98 Å². The fourth-order valence-corrected chi connectivity index (χ4v) is 3.65. The molecule has 0 spiro atoms. The second-order valence-electron chi connectivity index (χ2n) is 5.26. The third-order valence-corrected chi connectivity index (χ3v) is 4.77. The summed E-state index contributed by atoms with van der Waals surface area (Å²) in [5.74, 6) is 1.46. The van der Waals surface area contributed by atoms with Gasteiger partial charge in [-0.25, -0.2) is 4.98 Å². The topological polar surface area (TPSA) is 61.4 Å². The highest BCUT2D eigenvalue weighted by atomic mass is 32.2. The van der Waals surface area contributed by atoms with E-state index in [-0.39, 0.29) is 0 Å². The molecule has 0 N–H and O–H groups in total. The number of fused-ring (bicyclic) bond motifs is 1. The fourth-order valence-electron chi connectivity index (χ4n) is 2.66. The van der Waals surface area contributed by atoms with Gasteiger partial charge in [-0.15, -0.1) is 5.10 Å². The molecule has 7 heteroatoms. The molecule has 0 fully saturated rings. The first-order valence-corrected chi connectivity index (χ1v) is 8.76. The van der Waals surface area contributed by atoms with Gasteiger partial charge in [0.25, 0.3) is 0 Å². The van der Waals surface area contributed by atoms with Gasteiger partial charge in [0.15, 0.2) is 11.0 Å². The van der Waals surface area contributed by atoms with Crippen molar-refractivity contribution in [1.29, 1.82) is 0 Å². The molecule has 0 atom stereocenters. The SMILES string of the molecule is CCn1c(SCc2nnnn2-c2ccccc2)nc2ccccc21. The van der Waals surface area contributed by atoms with Crippen LogP contribution < -0.4 is 0 Å². The van der Waals surface area contributed by atoms with Gasteiger partial charge >= 0.3 is 0 Å². The van der Waals surface area contributed by atoms with E-state index in [9.17, 15) is 0 Å². The van der Waals surface area contributed by atoms with Crippen molar-refractivity contribution in [3.63, 3.8) is 0 Å². The van der Waals surface area contributed by atoms with Crippen molar-refractivity contribution in [2.24, 2.45) is 0 Å². The quantitative estimate of drug-likeness (QED) is 0.523. The molecule has 0 bridgehead atoms. The molecule has 4 aromatic rings. The largest absolute Gasteiger partial charge is 0.319 e. The van der Waals surface area contributed by atoms with Gasteiger partial charge in [0.05, 0.1) is 22.5 Å². The lowest BCUT2D eigenvalue weighted by molar-refractivity contribution is 0.702. The van der Waals surface area contributed by atoms with Crippen molar-refractivity contribution in [2.75, 3.05) is 0 Å². The number of para-hydroxylation sites is 3. The van der Waals surface area contributed by atoms with E-state index in [2.05, 4.69) is 33.1 Å². The number of tetrazole rings is 1. The minimum atomic E-state index is 0.658. The normalized spacial score (nSPS) is 11.2. The number of hydrogen-bond donors (Lipinski definition) is 0. The molecule has 0 aliphatic heterocycles. The lowest BCUT2D eigenvalue weighted by atomic mass is 10.3. The number of aromatic nitrogens is 6. The van der Waals surface area contributed by atoms with Gasteiger partial charge in [0, 0.05) is 6.54 Å². The van der Waals surface area contributed by atoms with Crippen LogP contribution in [0.4, 0.5) is 0 Å². The highest BCUT2D eigenvalue weighted by Crippen LogP contribution is 2.26. The van der Waals surface area contributed by atoms with Crippen molar-refractivity contribution in [3.05, 3.63) is 60.4 Å². The van der Waals surface area contributed by atoms with Crippen molar-refractivity contribution in [3.8, 4) is 5.69 Å². The Bertz CT molecular complexity index is 960. The summed E-state index contributed by atoms with van der Waals surface area (Å²) < 4.78 is 3.99. The van der Waals surface area contributed by atoms with Gasteiger partial charge in [-0.2, -0.15) is 4.68 Å². The Kier molecular flexibility index (Phi) is 4.00. The van der Waals surface area contributed by atoms with Crippen LogP contribution in [-0.2, 0) is 12.3 Å². The smallest absolute Gasteiger partial charge is 0.169 e. The number of rotatable bonds is 5. The average Bonchev–Trinajstić information content (AvgIpc) is 3.24. The molecule has 2 heterocycles. The third-order valence-electron chi connectivity index (χ3n) is 3.80. The molecular weight excluding hydrogens is 320 g/mol. The van der Waals surface area contributed by atoms with Gasteiger partial charge in [-0.05, 0) is 41.6 Å². The maximum Gasteiger partial charge on any atom is 0.169 e. The molecule has 0 saturated carbocycles. The van der Waals surface area contributed by atoms with E-state index in [1.807, 2.05) is 48.5 Å². The predicted octanol–water partition coefficient (Wildman–Crippen LogP) is 3.32. The summed E-state index contributed by atoms with van der Waals surface area (Å²) in [7, 11) is 0. The first-order valence-electron chi connectivity index (χ1n) is 7.77. The third kappa shape index (κ3) is 2.67. The van der Waals surface area contributed by atoms with Gasteiger partial charge in [0.2, 0.25) is 0 Å². The second-order valence-corrected chi connectivity index (χ2v) is 6.20. The molecule has 0 saturated heterocycles. The number of nitrogens with zero attached hydrogens (tertiary/aromatic N) is 6. The van der Waals surface area contributed by atoms with Crippen LogP contribution in [0, 0.1) is 0 Å². The number of benzene rings is 2. The standard InChI is InChI=1S/C17H16N6S/c1-2-22-15-11-7-6-10-14(15)18-17(22)24-12-16-19-20-21-23(16)13-8-4-3-5-9-13/h3-11H,2,12H2,1H3. The number of aryl methyl sites for hydroxylation is 1. The first kappa shape index (κ1) is 14.9. The number of thioether (sulfide) groups is 1. The zero-order valence-electron chi connectivity index (χ0n) is 13.2. The van der Waals surface area contributed by atoms with Crippen LogP contribution in [0.1, 0.15) is 12.7 Å². The van der Waals surface area contributed by atoms with Gasteiger partial charge < -0.3 is 4.57 Å². The Hall–Kier alpha value is -2.67. The predicted molar refractivity (Wildman–Crippen MR) is 94.1 cm³/mol. The minimum absolute atomic E-state index is 0.658. The van der Waals surface area contributed by atoms with Crippen LogP contribution in [0.15, 0.2) is 59.8 Å². The van der Waals surface area contributed by atoms with Crippen molar-refractivity contribution in [2.45, 2.75) is 24.4 Å². The van der Waals surface area contributed by atoms with Crippen LogP contribution in [0.3, 0.4) is 0 Å². The molecule has 120 valence electrons. The van der Waals surface area contributed by atoms with E-state index in [0.717, 1.165) is 34.2 Å². The Balaban J connectivity index is 1.62. The molecule has 24 heavy (non-hydrogen) atoms. The number of hydrogen-bond acceptors (Lipinski definition) is 5. The maximum atomic E-state index is 4.73. The lowest BCUT2D eigenvalue weighted by Crippen LogP contribution is -2.03. The Labute approximate surface area is 143 Å². The average molecular weight is 336 g/mol. The first-order chi connectivity index (χ1) is 11.9. The molecule has 0 unspecified atom stereocenters. The van der Waals surface area contributed by atoms with Crippen molar-refractivity contribution >= 4 is 22.8 Å². The summed E-state index contributed by atoms with van der Waals surface area (Å²) in [6, 6.07) is 18.1. The van der Waals surface area contributed by atoms with Crippen molar-refractivity contribution < 1.29 is 0 Å². The molecule has 0 amide bonds. The second kappa shape index (κ2) is 6.45. The van der Waals surface area contributed by atoms with Crippen LogP contribution in [0.25, 0.3) is 16.7 Å². The van der Waals surface area contributed by atoms with E-state index >= 15 is 0 Å². The fraction of sp³-hybridized carbons (Fsp3) is 0.176. The molecular formula is C17H16N6S. The summed E-state index contributed by atoms with van der Waals surface area (Å²) in [5.41, 5.74) is 3.14. The van der Waals surface area contributed by atoms with Crippen LogP contribution in [-0.4, -0.2) is 29.8 Å². The molecule has 0 radical (unpaired) electrons. The summed E-state index contributed by atoms with van der Waals surface area (Å²) in [6.07, 6.45) is 0. The summed E-state index contributed by atoms with van der Waals surface area (Å²) in [4.78, 5) is 4.73. The lowest BCUT2D eigenvalue weighted by Gasteiger charge is -2.06. The highest BCUT2D eigenvalue weighted by Gasteiger charge is 2.13. The van der Waals surface area contributed by atoms with Gasteiger partial charge in [-0.1, -0.05) is 42.1 Å². The molecule has 6 nitrogen and oxygen atoms in total. The molecule has 4 rings (SSSR count). The van der Waals surface area contributed by atoms with Crippen LogP contribution >= 0.6 is 11.8 Å². The van der Waals surface area contributed by atoms with Gasteiger partial charge in [-0.3, -0.25) is 0 Å². The van der Waals surface area contributed by atoms with E-state index in [0.29, 0.717) is 5.75 Å². The minimum Gasteiger partial charge on any atom is -0.319 e. The summed E-state index contributed by atoms with van der Waals surface area (Å²) >= 11 is 1.65. The zero-order chi connectivity index (χ0) is 16.4.